The maximum absolute atomic E-state index is 12.8. The zero-order chi connectivity index (χ0) is 18.9. The van der Waals surface area contributed by atoms with Crippen LogP contribution in [0.3, 0.4) is 0 Å². The molecule has 1 amide bonds. The SMILES string of the molecule is CCc1cc(C(=O)NC2CC(C)(C)Oc3ccc(OC)cc32)cc(=O)[nH]1. The summed E-state index contributed by atoms with van der Waals surface area (Å²) in [5.41, 5.74) is 1.28. The Kier molecular flexibility index (Phi) is 4.76. The van der Waals surface area contributed by atoms with E-state index < -0.39 is 5.60 Å². The quantitative estimate of drug-likeness (QED) is 0.882. The van der Waals surface area contributed by atoms with Crippen LogP contribution in [0.2, 0.25) is 0 Å². The highest BCUT2D eigenvalue weighted by Crippen LogP contribution is 2.41. The Hall–Kier alpha value is -2.76. The summed E-state index contributed by atoms with van der Waals surface area (Å²) in [5.74, 6) is 1.16. The van der Waals surface area contributed by atoms with Gasteiger partial charge in [0.15, 0.2) is 0 Å². The van der Waals surface area contributed by atoms with Crippen LogP contribution in [0.15, 0.2) is 35.1 Å². The highest BCUT2D eigenvalue weighted by molar-refractivity contribution is 5.94. The molecule has 0 radical (unpaired) electrons. The van der Waals surface area contributed by atoms with Gasteiger partial charge in [0.05, 0.1) is 13.2 Å². The average Bonchev–Trinajstić information content (AvgIpc) is 2.59. The van der Waals surface area contributed by atoms with Crippen molar-refractivity contribution in [1.82, 2.24) is 10.3 Å². The molecule has 0 fully saturated rings. The van der Waals surface area contributed by atoms with Crippen molar-refractivity contribution in [2.45, 2.75) is 45.3 Å². The lowest BCUT2D eigenvalue weighted by atomic mass is 9.89. The molecule has 3 rings (SSSR count). The van der Waals surface area contributed by atoms with Crippen LogP contribution in [0.1, 0.15) is 54.8 Å². The zero-order valence-electron chi connectivity index (χ0n) is 15.5. The van der Waals surface area contributed by atoms with Crippen LogP contribution in [0, 0.1) is 0 Å². The van der Waals surface area contributed by atoms with E-state index >= 15 is 0 Å². The van der Waals surface area contributed by atoms with Crippen LogP contribution in [-0.2, 0) is 6.42 Å². The highest BCUT2D eigenvalue weighted by Gasteiger charge is 2.35. The van der Waals surface area contributed by atoms with Gasteiger partial charge in [-0.25, -0.2) is 0 Å². The molecule has 1 aliphatic rings. The highest BCUT2D eigenvalue weighted by atomic mass is 16.5. The number of nitrogens with one attached hydrogen (secondary N) is 2. The number of fused-ring (bicyclic) bond motifs is 1. The van der Waals surface area contributed by atoms with Gasteiger partial charge >= 0.3 is 0 Å². The first-order chi connectivity index (χ1) is 12.3. The number of methoxy groups -OCH3 is 1. The fraction of sp³-hybridized carbons (Fsp3) is 0.400. The van der Waals surface area contributed by atoms with Crippen LogP contribution < -0.4 is 20.3 Å². The number of carbonyl (C=O) groups excluding carboxylic acids is 1. The first-order valence-electron chi connectivity index (χ1n) is 8.72. The number of ether oxygens (including phenoxy) is 2. The summed E-state index contributed by atoms with van der Waals surface area (Å²) in [6.45, 7) is 5.90. The molecule has 1 aromatic heterocycles. The van der Waals surface area contributed by atoms with Crippen molar-refractivity contribution in [2.24, 2.45) is 0 Å². The van der Waals surface area contributed by atoms with Crippen LogP contribution >= 0.6 is 0 Å². The van der Waals surface area contributed by atoms with Crippen LogP contribution in [0.5, 0.6) is 11.5 Å². The third-order valence-electron chi connectivity index (χ3n) is 4.52. The topological polar surface area (TPSA) is 80.4 Å². The van der Waals surface area contributed by atoms with Gasteiger partial charge in [0, 0.05) is 29.3 Å². The molecule has 26 heavy (non-hydrogen) atoms. The molecule has 0 saturated carbocycles. The fourth-order valence-electron chi connectivity index (χ4n) is 3.25. The first kappa shape index (κ1) is 18.0. The van der Waals surface area contributed by atoms with Crippen molar-refractivity contribution in [3.05, 3.63) is 57.5 Å². The van der Waals surface area contributed by atoms with E-state index in [9.17, 15) is 9.59 Å². The normalized spacial score (nSPS) is 17.8. The minimum absolute atomic E-state index is 0.235. The maximum atomic E-state index is 12.8. The molecule has 2 heterocycles. The summed E-state index contributed by atoms with van der Waals surface area (Å²) in [6.07, 6.45) is 1.27. The summed E-state index contributed by atoms with van der Waals surface area (Å²) < 4.78 is 11.3. The van der Waals surface area contributed by atoms with E-state index in [0.29, 0.717) is 24.2 Å². The van der Waals surface area contributed by atoms with Gasteiger partial charge in [-0.3, -0.25) is 9.59 Å². The third-order valence-corrected chi connectivity index (χ3v) is 4.52. The van der Waals surface area contributed by atoms with E-state index in [1.807, 2.05) is 39.0 Å². The Balaban J connectivity index is 1.93. The van der Waals surface area contributed by atoms with Gasteiger partial charge in [0.2, 0.25) is 5.56 Å². The molecule has 1 aromatic carbocycles. The summed E-state index contributed by atoms with van der Waals surface area (Å²) in [4.78, 5) is 27.3. The number of hydrogen-bond donors (Lipinski definition) is 2. The lowest BCUT2D eigenvalue weighted by Crippen LogP contribution is -2.41. The average molecular weight is 356 g/mol. The van der Waals surface area contributed by atoms with Crippen molar-refractivity contribution >= 4 is 5.91 Å². The van der Waals surface area contributed by atoms with E-state index in [0.717, 1.165) is 17.0 Å². The van der Waals surface area contributed by atoms with Gasteiger partial charge in [0.25, 0.3) is 5.91 Å². The van der Waals surface area contributed by atoms with Gasteiger partial charge < -0.3 is 19.8 Å². The van der Waals surface area contributed by atoms with E-state index in [-0.39, 0.29) is 17.5 Å². The molecule has 0 aliphatic carbocycles. The van der Waals surface area contributed by atoms with Gasteiger partial charge in [-0.2, -0.15) is 0 Å². The van der Waals surface area contributed by atoms with Crippen molar-refractivity contribution in [2.75, 3.05) is 7.11 Å². The van der Waals surface area contributed by atoms with Crippen molar-refractivity contribution in [1.29, 1.82) is 0 Å². The molecule has 2 aromatic rings. The predicted molar refractivity (Wildman–Crippen MR) is 99.0 cm³/mol. The molecular formula is C20H24N2O4. The smallest absolute Gasteiger partial charge is 0.252 e. The second-order valence-corrected chi connectivity index (χ2v) is 7.11. The molecule has 0 saturated heterocycles. The van der Waals surface area contributed by atoms with Gasteiger partial charge in [0.1, 0.15) is 17.1 Å². The number of H-pyrrole nitrogens is 1. The Morgan fingerprint density at radius 1 is 1.35 bits per heavy atom. The monoisotopic (exact) mass is 356 g/mol. The van der Waals surface area contributed by atoms with Crippen molar-refractivity contribution in [3.8, 4) is 11.5 Å². The van der Waals surface area contributed by atoms with Gasteiger partial charge in [-0.1, -0.05) is 6.92 Å². The Morgan fingerprint density at radius 3 is 2.81 bits per heavy atom. The molecule has 1 atom stereocenters. The van der Waals surface area contributed by atoms with Crippen LogP contribution in [0.25, 0.3) is 0 Å². The van der Waals surface area contributed by atoms with Gasteiger partial charge in [-0.05, 0) is 44.5 Å². The fourth-order valence-corrected chi connectivity index (χ4v) is 3.25. The Labute approximate surface area is 152 Å². The third kappa shape index (κ3) is 3.74. The number of carbonyl (C=O) groups is 1. The Bertz CT molecular complexity index is 886. The Morgan fingerprint density at radius 2 is 2.12 bits per heavy atom. The number of amides is 1. The number of aromatic amines is 1. The number of rotatable bonds is 4. The first-order valence-corrected chi connectivity index (χ1v) is 8.72. The number of benzene rings is 1. The van der Waals surface area contributed by atoms with Crippen LogP contribution in [0.4, 0.5) is 0 Å². The lowest BCUT2D eigenvalue weighted by molar-refractivity contribution is 0.0618. The summed E-state index contributed by atoms with van der Waals surface area (Å²) in [5, 5.41) is 3.05. The van der Waals surface area contributed by atoms with Crippen LogP contribution in [-0.4, -0.2) is 23.6 Å². The van der Waals surface area contributed by atoms with Crippen molar-refractivity contribution < 1.29 is 14.3 Å². The molecule has 138 valence electrons. The number of aromatic nitrogens is 1. The molecule has 2 N–H and O–H groups in total. The minimum Gasteiger partial charge on any atom is -0.497 e. The van der Waals surface area contributed by atoms with Crippen molar-refractivity contribution in [3.63, 3.8) is 0 Å². The second kappa shape index (κ2) is 6.86. The number of hydrogen-bond acceptors (Lipinski definition) is 4. The molecule has 1 aliphatic heterocycles. The zero-order valence-corrected chi connectivity index (χ0v) is 15.5. The maximum Gasteiger partial charge on any atom is 0.252 e. The molecular weight excluding hydrogens is 332 g/mol. The van der Waals surface area contributed by atoms with Gasteiger partial charge in [-0.15, -0.1) is 0 Å². The minimum atomic E-state index is -0.414. The summed E-state index contributed by atoms with van der Waals surface area (Å²) in [6, 6.07) is 8.38. The summed E-state index contributed by atoms with van der Waals surface area (Å²) in [7, 11) is 1.60. The standard InChI is InChI=1S/C20H24N2O4/c1-5-13-8-12(9-18(23)21-13)19(24)22-16-11-20(2,3)26-17-7-6-14(25-4)10-15(16)17/h6-10,16H,5,11H2,1-4H3,(H,21,23)(H,22,24). The second-order valence-electron chi connectivity index (χ2n) is 7.11. The molecule has 6 heteroatoms. The van der Waals surface area contributed by atoms with E-state index in [4.69, 9.17) is 9.47 Å². The molecule has 1 unspecified atom stereocenters. The van der Waals surface area contributed by atoms with E-state index in [2.05, 4.69) is 10.3 Å². The van der Waals surface area contributed by atoms with E-state index in [1.165, 1.54) is 6.07 Å². The lowest BCUT2D eigenvalue weighted by Gasteiger charge is -2.38. The number of aryl methyl sites for hydroxylation is 1. The van der Waals surface area contributed by atoms with E-state index in [1.54, 1.807) is 13.2 Å². The number of pyridine rings is 1. The largest absolute Gasteiger partial charge is 0.497 e. The molecule has 6 nitrogen and oxygen atoms in total. The molecule has 0 spiro atoms. The predicted octanol–water partition coefficient (Wildman–Crippen LogP) is 2.98. The summed E-state index contributed by atoms with van der Waals surface area (Å²) >= 11 is 0. The molecule has 0 bridgehead atoms.